The van der Waals surface area contributed by atoms with Crippen LogP contribution in [0.1, 0.15) is 51.1 Å². The van der Waals surface area contributed by atoms with Crippen LogP contribution in [0.3, 0.4) is 0 Å². The van der Waals surface area contributed by atoms with E-state index < -0.39 is 17.1 Å². The maximum absolute atomic E-state index is 13.1. The normalized spacial score (nSPS) is 19.3. The van der Waals surface area contributed by atoms with Crippen LogP contribution in [0.5, 0.6) is 5.75 Å². The number of benzene rings is 1. The van der Waals surface area contributed by atoms with Crippen LogP contribution < -0.4 is 4.74 Å². The summed E-state index contributed by atoms with van der Waals surface area (Å²) in [4.78, 5) is 31.9. The van der Waals surface area contributed by atoms with Crippen LogP contribution in [0.2, 0.25) is 0 Å². The number of para-hydroxylation sites is 1. The van der Waals surface area contributed by atoms with Gasteiger partial charge in [-0.1, -0.05) is 19.1 Å². The van der Waals surface area contributed by atoms with Gasteiger partial charge >= 0.3 is 0 Å². The standard InChI is InChI=1S/C21H25NO4S/c1-7-14-16(15-17(23)20(2,3)26-21(4,5)18(15)24)22-19(27-14)12-10-8-9-11-13(12)25-6/h8-11,15H,7H2,1-6H3. The molecular weight excluding hydrogens is 362 g/mol. The fourth-order valence-corrected chi connectivity index (χ4v) is 4.65. The average Bonchev–Trinajstić information content (AvgIpc) is 3.03. The van der Waals surface area contributed by atoms with Gasteiger partial charge in [0.15, 0.2) is 11.6 Å². The van der Waals surface area contributed by atoms with Crippen molar-refractivity contribution < 1.29 is 19.1 Å². The SMILES string of the molecule is CCc1sc(-c2ccccc2OC)nc1C1C(=O)C(C)(C)OC(C)(C)C1=O. The highest BCUT2D eigenvalue weighted by Gasteiger charge is 2.54. The number of methoxy groups -OCH3 is 1. The number of nitrogens with zero attached hydrogens (tertiary/aromatic N) is 1. The molecule has 1 aliphatic rings. The van der Waals surface area contributed by atoms with E-state index in [0.717, 1.165) is 15.4 Å². The predicted octanol–water partition coefficient (Wildman–Crippen LogP) is 4.19. The lowest BCUT2D eigenvalue weighted by Gasteiger charge is -2.42. The second-order valence-corrected chi connectivity index (χ2v) is 8.75. The van der Waals surface area contributed by atoms with E-state index in [1.54, 1.807) is 34.8 Å². The molecule has 0 aliphatic carbocycles. The third kappa shape index (κ3) is 3.32. The molecule has 0 bridgehead atoms. The number of ether oxygens (including phenoxy) is 2. The molecule has 1 aromatic carbocycles. The number of carbonyl (C=O) groups is 2. The summed E-state index contributed by atoms with van der Waals surface area (Å²) in [5.74, 6) is -0.666. The minimum Gasteiger partial charge on any atom is -0.496 e. The third-order valence-corrected chi connectivity index (χ3v) is 6.13. The van der Waals surface area contributed by atoms with Gasteiger partial charge in [-0.2, -0.15) is 0 Å². The summed E-state index contributed by atoms with van der Waals surface area (Å²) in [6, 6.07) is 7.62. The Labute approximate surface area is 163 Å². The summed E-state index contributed by atoms with van der Waals surface area (Å²) >= 11 is 1.50. The van der Waals surface area contributed by atoms with Gasteiger partial charge in [0.05, 0.1) is 18.4 Å². The van der Waals surface area contributed by atoms with Crippen molar-refractivity contribution in [3.63, 3.8) is 0 Å². The van der Waals surface area contributed by atoms with Gasteiger partial charge in [-0.05, 0) is 46.2 Å². The maximum Gasteiger partial charge on any atom is 0.180 e. The number of rotatable bonds is 4. The quantitative estimate of drug-likeness (QED) is 0.736. The summed E-state index contributed by atoms with van der Waals surface area (Å²) in [6.07, 6.45) is 0.695. The van der Waals surface area contributed by atoms with E-state index in [1.165, 1.54) is 11.3 Å². The monoisotopic (exact) mass is 387 g/mol. The Morgan fingerprint density at radius 1 is 1.11 bits per heavy atom. The lowest BCUT2D eigenvalue weighted by molar-refractivity contribution is -0.184. The molecule has 0 radical (unpaired) electrons. The summed E-state index contributed by atoms with van der Waals surface area (Å²) in [5, 5.41) is 0.752. The van der Waals surface area contributed by atoms with Gasteiger partial charge in [0.2, 0.25) is 0 Å². The summed E-state index contributed by atoms with van der Waals surface area (Å²) in [5.41, 5.74) is -0.665. The van der Waals surface area contributed by atoms with E-state index in [0.29, 0.717) is 17.9 Å². The van der Waals surface area contributed by atoms with Crippen molar-refractivity contribution in [1.29, 1.82) is 0 Å². The Morgan fingerprint density at radius 2 is 1.70 bits per heavy atom. The molecule has 2 aromatic rings. The molecule has 2 heterocycles. The number of ketones is 2. The van der Waals surface area contributed by atoms with Gasteiger partial charge in [0, 0.05) is 4.88 Å². The van der Waals surface area contributed by atoms with E-state index in [9.17, 15) is 9.59 Å². The first-order chi connectivity index (χ1) is 12.6. The molecule has 0 atom stereocenters. The van der Waals surface area contributed by atoms with E-state index in [2.05, 4.69) is 0 Å². The van der Waals surface area contributed by atoms with Crippen LogP contribution in [-0.4, -0.2) is 34.9 Å². The zero-order valence-corrected chi connectivity index (χ0v) is 17.4. The van der Waals surface area contributed by atoms with Crippen molar-refractivity contribution >= 4 is 22.9 Å². The van der Waals surface area contributed by atoms with Crippen molar-refractivity contribution in [3.05, 3.63) is 34.8 Å². The fraction of sp³-hybridized carbons (Fsp3) is 0.476. The second-order valence-electron chi connectivity index (χ2n) is 7.67. The molecular formula is C21H25NO4S. The Bertz CT molecular complexity index is 871. The number of thiazole rings is 1. The van der Waals surface area contributed by atoms with Crippen LogP contribution in [-0.2, 0) is 20.7 Å². The van der Waals surface area contributed by atoms with Gasteiger partial charge < -0.3 is 9.47 Å². The molecule has 0 spiro atoms. The highest BCUT2D eigenvalue weighted by molar-refractivity contribution is 7.15. The second kappa shape index (κ2) is 6.84. The Balaban J connectivity index is 2.15. The van der Waals surface area contributed by atoms with Crippen molar-refractivity contribution in [2.45, 2.75) is 58.2 Å². The van der Waals surface area contributed by atoms with Gasteiger partial charge in [-0.15, -0.1) is 11.3 Å². The fourth-order valence-electron chi connectivity index (χ4n) is 3.58. The van der Waals surface area contributed by atoms with Gasteiger partial charge in [-0.25, -0.2) is 4.98 Å². The molecule has 1 fully saturated rings. The van der Waals surface area contributed by atoms with Gasteiger partial charge in [0.25, 0.3) is 0 Å². The smallest absolute Gasteiger partial charge is 0.180 e. The predicted molar refractivity (Wildman–Crippen MR) is 105 cm³/mol. The first-order valence-corrected chi connectivity index (χ1v) is 9.85. The zero-order chi connectivity index (χ0) is 20.0. The highest BCUT2D eigenvalue weighted by Crippen LogP contribution is 2.42. The molecule has 0 amide bonds. The highest BCUT2D eigenvalue weighted by atomic mass is 32.1. The molecule has 1 aliphatic heterocycles. The molecule has 27 heavy (non-hydrogen) atoms. The summed E-state index contributed by atoms with van der Waals surface area (Å²) < 4.78 is 11.2. The van der Waals surface area contributed by atoms with E-state index >= 15 is 0 Å². The topological polar surface area (TPSA) is 65.5 Å². The number of Topliss-reactive ketones (excluding diaryl/α,β-unsaturated/α-hetero) is 2. The van der Waals surface area contributed by atoms with Crippen molar-refractivity contribution in [3.8, 4) is 16.3 Å². The molecule has 6 heteroatoms. The van der Waals surface area contributed by atoms with Crippen LogP contribution in [0, 0.1) is 0 Å². The maximum atomic E-state index is 13.1. The average molecular weight is 388 g/mol. The molecule has 1 saturated heterocycles. The lowest BCUT2D eigenvalue weighted by atomic mass is 9.76. The van der Waals surface area contributed by atoms with E-state index in [1.807, 2.05) is 31.2 Å². The number of carbonyl (C=O) groups excluding carboxylic acids is 2. The van der Waals surface area contributed by atoms with Gasteiger partial charge in [-0.3, -0.25) is 9.59 Å². The van der Waals surface area contributed by atoms with Crippen LogP contribution in [0.15, 0.2) is 24.3 Å². The number of hydrogen-bond donors (Lipinski definition) is 0. The molecule has 0 N–H and O–H groups in total. The molecule has 0 saturated carbocycles. The van der Waals surface area contributed by atoms with Crippen LogP contribution >= 0.6 is 11.3 Å². The minimum atomic E-state index is -1.04. The van der Waals surface area contributed by atoms with Crippen molar-refractivity contribution in [2.75, 3.05) is 7.11 Å². The Hall–Kier alpha value is -2.05. The van der Waals surface area contributed by atoms with Crippen molar-refractivity contribution in [2.24, 2.45) is 0 Å². The lowest BCUT2D eigenvalue weighted by Crippen LogP contribution is -2.58. The largest absolute Gasteiger partial charge is 0.496 e. The minimum absolute atomic E-state index is 0.238. The summed E-state index contributed by atoms with van der Waals surface area (Å²) in [7, 11) is 1.62. The number of hydrogen-bond acceptors (Lipinski definition) is 6. The van der Waals surface area contributed by atoms with Crippen LogP contribution in [0.4, 0.5) is 0 Å². The molecule has 0 unspecified atom stereocenters. The Morgan fingerprint density at radius 3 is 2.26 bits per heavy atom. The number of aryl methyl sites for hydroxylation is 1. The van der Waals surface area contributed by atoms with E-state index in [4.69, 9.17) is 14.5 Å². The molecule has 3 rings (SSSR count). The van der Waals surface area contributed by atoms with Crippen molar-refractivity contribution in [1.82, 2.24) is 4.98 Å². The molecule has 144 valence electrons. The van der Waals surface area contributed by atoms with E-state index in [-0.39, 0.29) is 11.6 Å². The molecule has 5 nitrogen and oxygen atoms in total. The van der Waals surface area contributed by atoms with Crippen LogP contribution in [0.25, 0.3) is 10.6 Å². The summed E-state index contributed by atoms with van der Waals surface area (Å²) in [6.45, 7) is 8.88. The first-order valence-electron chi connectivity index (χ1n) is 9.04. The van der Waals surface area contributed by atoms with Gasteiger partial charge in [0.1, 0.15) is 27.9 Å². The third-order valence-electron chi connectivity index (χ3n) is 4.88. The first kappa shape index (κ1) is 19.7. The Kier molecular flexibility index (Phi) is 4.99. The number of aromatic nitrogens is 1. The molecule has 1 aromatic heterocycles. The zero-order valence-electron chi connectivity index (χ0n) is 16.6.